The Morgan fingerprint density at radius 1 is 1.03 bits per heavy atom. The molecule has 0 fully saturated rings. The molecule has 0 radical (unpaired) electrons. The van der Waals surface area contributed by atoms with Crippen LogP contribution in [-0.4, -0.2) is 35.9 Å². The lowest BCUT2D eigenvalue weighted by molar-refractivity contribution is 0.308. The summed E-state index contributed by atoms with van der Waals surface area (Å²) in [7, 11) is 0. The van der Waals surface area contributed by atoms with Gasteiger partial charge < -0.3 is 9.64 Å². The third-order valence-electron chi connectivity index (χ3n) is 4.90. The average molecular weight is 432 g/mol. The predicted octanol–water partition coefficient (Wildman–Crippen LogP) is 5.48. The minimum atomic E-state index is 0.521. The van der Waals surface area contributed by atoms with E-state index in [0.29, 0.717) is 12.5 Å². The van der Waals surface area contributed by atoms with Gasteiger partial charge >= 0.3 is 0 Å². The van der Waals surface area contributed by atoms with Crippen LogP contribution in [0.3, 0.4) is 0 Å². The highest BCUT2D eigenvalue weighted by Crippen LogP contribution is 2.22. The SMILES string of the molecule is CCCN(CCC)c1cc(/C=N/Nc2cccc(C)c2)nc(OCCc2ccccn2)c1. The normalized spacial score (nSPS) is 11.0. The van der Waals surface area contributed by atoms with Crippen molar-refractivity contribution in [3.8, 4) is 5.88 Å². The summed E-state index contributed by atoms with van der Waals surface area (Å²) in [5.41, 5.74) is 8.08. The maximum Gasteiger partial charge on any atom is 0.215 e. The standard InChI is InChI=1S/C26H33N5O/c1-4-14-31(15-5-2)25-18-24(20-28-30-23-11-8-9-21(3)17-23)29-26(19-25)32-16-12-22-10-6-7-13-27-22/h6-11,13,17-20,30H,4-5,12,14-16H2,1-3H3/b28-20+. The van der Waals surface area contributed by atoms with Gasteiger partial charge in [-0.25, -0.2) is 4.98 Å². The average Bonchev–Trinajstić information content (AvgIpc) is 2.80. The minimum absolute atomic E-state index is 0.521. The van der Waals surface area contributed by atoms with E-state index in [9.17, 15) is 0 Å². The van der Waals surface area contributed by atoms with E-state index in [-0.39, 0.29) is 0 Å². The molecule has 0 unspecified atom stereocenters. The Morgan fingerprint density at radius 3 is 2.59 bits per heavy atom. The van der Waals surface area contributed by atoms with Crippen LogP contribution in [0.1, 0.15) is 43.6 Å². The van der Waals surface area contributed by atoms with E-state index in [2.05, 4.69) is 64.4 Å². The van der Waals surface area contributed by atoms with Gasteiger partial charge in [-0.05, 0) is 55.7 Å². The van der Waals surface area contributed by atoms with Crippen LogP contribution in [0, 0.1) is 6.92 Å². The van der Waals surface area contributed by atoms with E-state index in [1.54, 1.807) is 12.4 Å². The molecule has 3 aromatic rings. The first-order valence-corrected chi connectivity index (χ1v) is 11.3. The van der Waals surface area contributed by atoms with Crippen LogP contribution in [0.15, 0.2) is 65.9 Å². The third kappa shape index (κ3) is 7.38. The molecule has 1 aromatic carbocycles. The second-order valence-electron chi connectivity index (χ2n) is 7.73. The number of benzene rings is 1. The molecular formula is C26H33N5O. The number of hydrazone groups is 1. The molecule has 0 aliphatic rings. The number of nitrogens with zero attached hydrogens (tertiary/aromatic N) is 4. The summed E-state index contributed by atoms with van der Waals surface area (Å²) in [6.45, 7) is 8.95. The maximum atomic E-state index is 6.02. The van der Waals surface area contributed by atoms with Crippen molar-refractivity contribution in [1.82, 2.24) is 9.97 Å². The number of nitrogens with one attached hydrogen (secondary N) is 1. The molecule has 2 aromatic heterocycles. The highest BCUT2D eigenvalue weighted by atomic mass is 16.5. The maximum absolute atomic E-state index is 6.02. The van der Waals surface area contributed by atoms with Crippen LogP contribution in [0.4, 0.5) is 11.4 Å². The van der Waals surface area contributed by atoms with Crippen molar-refractivity contribution in [2.75, 3.05) is 30.0 Å². The number of hydrogen-bond acceptors (Lipinski definition) is 6. The van der Waals surface area contributed by atoms with E-state index < -0.39 is 0 Å². The van der Waals surface area contributed by atoms with Gasteiger partial charge in [0, 0.05) is 43.2 Å². The minimum Gasteiger partial charge on any atom is -0.477 e. The molecule has 2 heterocycles. The first-order chi connectivity index (χ1) is 15.7. The molecule has 0 aliphatic carbocycles. The van der Waals surface area contributed by atoms with Crippen molar-refractivity contribution in [1.29, 1.82) is 0 Å². The molecule has 0 saturated carbocycles. The summed E-state index contributed by atoms with van der Waals surface area (Å²) >= 11 is 0. The summed E-state index contributed by atoms with van der Waals surface area (Å²) < 4.78 is 6.02. The summed E-state index contributed by atoms with van der Waals surface area (Å²) in [5.74, 6) is 0.604. The van der Waals surface area contributed by atoms with Crippen molar-refractivity contribution < 1.29 is 4.74 Å². The number of ether oxygens (including phenoxy) is 1. The predicted molar refractivity (Wildman–Crippen MR) is 133 cm³/mol. The lowest BCUT2D eigenvalue weighted by Crippen LogP contribution is -2.25. The molecule has 0 amide bonds. The molecule has 0 spiro atoms. The second-order valence-corrected chi connectivity index (χ2v) is 7.73. The fourth-order valence-corrected chi connectivity index (χ4v) is 3.44. The molecule has 0 saturated heterocycles. The Balaban J connectivity index is 1.76. The van der Waals surface area contributed by atoms with Crippen molar-refractivity contribution in [2.45, 2.75) is 40.0 Å². The zero-order chi connectivity index (χ0) is 22.6. The topological polar surface area (TPSA) is 62.6 Å². The highest BCUT2D eigenvalue weighted by Gasteiger charge is 2.10. The van der Waals surface area contributed by atoms with Crippen molar-refractivity contribution in [3.63, 3.8) is 0 Å². The highest BCUT2D eigenvalue weighted by molar-refractivity contribution is 5.80. The number of pyridine rings is 2. The Bertz CT molecular complexity index is 985. The van der Waals surface area contributed by atoms with Gasteiger partial charge in [0.15, 0.2) is 0 Å². The van der Waals surface area contributed by atoms with E-state index in [4.69, 9.17) is 4.74 Å². The smallest absolute Gasteiger partial charge is 0.215 e. The van der Waals surface area contributed by atoms with E-state index in [1.165, 1.54) is 5.56 Å². The van der Waals surface area contributed by atoms with Crippen LogP contribution in [0.5, 0.6) is 5.88 Å². The Labute approximate surface area is 191 Å². The molecule has 32 heavy (non-hydrogen) atoms. The number of anilines is 2. The van der Waals surface area contributed by atoms with Crippen LogP contribution >= 0.6 is 0 Å². The quantitative estimate of drug-likeness (QED) is 0.304. The van der Waals surface area contributed by atoms with Crippen LogP contribution in [-0.2, 0) is 6.42 Å². The zero-order valence-electron chi connectivity index (χ0n) is 19.3. The number of rotatable bonds is 12. The number of hydrogen-bond donors (Lipinski definition) is 1. The van der Waals surface area contributed by atoms with Gasteiger partial charge in [0.1, 0.15) is 0 Å². The van der Waals surface area contributed by atoms with Gasteiger partial charge in [-0.3, -0.25) is 10.4 Å². The molecule has 0 bridgehead atoms. The van der Waals surface area contributed by atoms with Gasteiger partial charge in [0.05, 0.1) is 24.2 Å². The first kappa shape index (κ1) is 23.3. The molecule has 0 aliphatic heterocycles. The van der Waals surface area contributed by atoms with Crippen molar-refractivity contribution in [3.05, 3.63) is 77.7 Å². The zero-order valence-corrected chi connectivity index (χ0v) is 19.3. The monoisotopic (exact) mass is 431 g/mol. The van der Waals surface area contributed by atoms with Crippen LogP contribution in [0.25, 0.3) is 0 Å². The Kier molecular flexibility index (Phi) is 9.05. The van der Waals surface area contributed by atoms with E-state index >= 15 is 0 Å². The first-order valence-electron chi connectivity index (χ1n) is 11.3. The van der Waals surface area contributed by atoms with Crippen molar-refractivity contribution >= 4 is 17.6 Å². The Morgan fingerprint density at radius 2 is 1.88 bits per heavy atom. The van der Waals surface area contributed by atoms with Gasteiger partial charge in [-0.15, -0.1) is 0 Å². The Hall–Kier alpha value is -3.41. The van der Waals surface area contributed by atoms with Crippen LogP contribution < -0.4 is 15.1 Å². The molecule has 6 heteroatoms. The summed E-state index contributed by atoms with van der Waals surface area (Å²) in [6.07, 6.45) is 6.44. The van der Waals surface area contributed by atoms with E-state index in [0.717, 1.165) is 55.1 Å². The molecule has 3 rings (SSSR count). The molecule has 0 atom stereocenters. The van der Waals surface area contributed by atoms with Crippen LogP contribution in [0.2, 0.25) is 0 Å². The van der Waals surface area contributed by atoms with Crippen molar-refractivity contribution in [2.24, 2.45) is 5.10 Å². The summed E-state index contributed by atoms with van der Waals surface area (Å²) in [5, 5.41) is 4.39. The van der Waals surface area contributed by atoms with Gasteiger partial charge in [0.25, 0.3) is 0 Å². The lowest BCUT2D eigenvalue weighted by Gasteiger charge is -2.24. The molecular weight excluding hydrogens is 398 g/mol. The molecule has 168 valence electrons. The molecule has 6 nitrogen and oxygen atoms in total. The fraction of sp³-hybridized carbons (Fsp3) is 0.346. The summed E-state index contributed by atoms with van der Waals surface area (Å²) in [6, 6.07) is 18.1. The molecule has 1 N–H and O–H groups in total. The van der Waals surface area contributed by atoms with E-state index in [1.807, 2.05) is 36.4 Å². The third-order valence-corrected chi connectivity index (χ3v) is 4.90. The fourth-order valence-electron chi connectivity index (χ4n) is 3.44. The van der Waals surface area contributed by atoms with Gasteiger partial charge in [-0.1, -0.05) is 32.0 Å². The lowest BCUT2D eigenvalue weighted by atomic mass is 10.2. The number of aryl methyl sites for hydroxylation is 1. The van der Waals surface area contributed by atoms with Gasteiger partial charge in [0.2, 0.25) is 5.88 Å². The number of aromatic nitrogens is 2. The second kappa shape index (κ2) is 12.4. The van der Waals surface area contributed by atoms with Gasteiger partial charge in [-0.2, -0.15) is 5.10 Å². The largest absolute Gasteiger partial charge is 0.477 e. The summed E-state index contributed by atoms with van der Waals surface area (Å²) in [4.78, 5) is 11.4.